The zero-order chi connectivity index (χ0) is 26.0. The van der Waals surface area contributed by atoms with Crippen molar-refractivity contribution in [3.63, 3.8) is 0 Å². The third-order valence-corrected chi connectivity index (χ3v) is 12.4. The molecule has 1 saturated heterocycles. The van der Waals surface area contributed by atoms with Gasteiger partial charge in [-0.25, -0.2) is 9.97 Å². The normalized spacial score (nSPS) is 42.4. The van der Waals surface area contributed by atoms with E-state index in [1.165, 1.54) is 45.1 Å². The van der Waals surface area contributed by atoms with Crippen LogP contribution in [0.25, 0.3) is 0 Å². The second kappa shape index (κ2) is 9.33. The molecule has 6 rings (SSSR count). The fourth-order valence-corrected chi connectivity index (χ4v) is 10.5. The zero-order valence-corrected chi connectivity index (χ0v) is 24.0. The number of hydrogen-bond donors (Lipinski definition) is 1. The Morgan fingerprint density at radius 3 is 2.41 bits per heavy atom. The summed E-state index contributed by atoms with van der Waals surface area (Å²) in [5.74, 6) is 4.99. The number of aromatic nitrogens is 2. The van der Waals surface area contributed by atoms with Crippen molar-refractivity contribution in [2.24, 2.45) is 45.8 Å². The van der Waals surface area contributed by atoms with Crippen LogP contribution in [-0.2, 0) is 0 Å². The van der Waals surface area contributed by atoms with Gasteiger partial charge in [0.2, 0.25) is 5.95 Å². The first-order valence-electron chi connectivity index (χ1n) is 15.3. The Labute approximate surface area is 225 Å². The van der Waals surface area contributed by atoms with Gasteiger partial charge in [0.15, 0.2) is 0 Å². The summed E-state index contributed by atoms with van der Waals surface area (Å²) >= 11 is 0. The maximum atomic E-state index is 10.8. The maximum absolute atomic E-state index is 10.8. The molecule has 1 aromatic heterocycles. The summed E-state index contributed by atoms with van der Waals surface area (Å²) in [6, 6.07) is 1.90. The first-order valence-corrected chi connectivity index (χ1v) is 15.3. The fraction of sp³-hybridized carbons (Fsp3) is 0.812. The Balaban J connectivity index is 1.12. The van der Waals surface area contributed by atoms with Gasteiger partial charge in [0, 0.05) is 50.5 Å². The van der Waals surface area contributed by atoms with Crippen molar-refractivity contribution in [1.82, 2.24) is 14.9 Å². The molecule has 4 aliphatic carbocycles. The minimum atomic E-state index is -0.184. The average molecular weight is 507 g/mol. The van der Waals surface area contributed by atoms with Gasteiger partial charge in [-0.15, -0.1) is 0 Å². The summed E-state index contributed by atoms with van der Waals surface area (Å²) in [5, 5.41) is 10.8. The Bertz CT molecular complexity index is 1000. The molecule has 0 spiro atoms. The average Bonchev–Trinajstić information content (AvgIpc) is 3.25. The lowest BCUT2D eigenvalue weighted by Gasteiger charge is -2.61. The molecule has 5 heteroatoms. The van der Waals surface area contributed by atoms with Crippen molar-refractivity contribution in [3.05, 3.63) is 30.1 Å². The Hall–Kier alpha value is -1.46. The first kappa shape index (κ1) is 25.8. The first-order chi connectivity index (χ1) is 17.6. The molecule has 0 unspecified atom stereocenters. The van der Waals surface area contributed by atoms with Crippen LogP contribution in [0.1, 0.15) is 79.6 Å². The van der Waals surface area contributed by atoms with Crippen molar-refractivity contribution in [3.8, 4) is 0 Å². The van der Waals surface area contributed by atoms with E-state index >= 15 is 0 Å². The minimum Gasteiger partial charge on any atom is -0.392 e. The van der Waals surface area contributed by atoms with E-state index < -0.39 is 0 Å². The molecule has 0 aromatic carbocycles. The van der Waals surface area contributed by atoms with Gasteiger partial charge in [-0.1, -0.05) is 46.3 Å². The van der Waals surface area contributed by atoms with Crippen molar-refractivity contribution < 1.29 is 5.11 Å². The number of rotatable bonds is 4. The molecule has 5 aliphatic rings. The van der Waals surface area contributed by atoms with Crippen LogP contribution < -0.4 is 4.90 Å². The van der Waals surface area contributed by atoms with Crippen LogP contribution in [0.5, 0.6) is 0 Å². The highest BCUT2D eigenvalue weighted by Gasteiger charge is 2.61. The summed E-state index contributed by atoms with van der Waals surface area (Å²) in [7, 11) is 0. The molecular formula is C32H50N4O. The molecule has 1 aliphatic heterocycles. The Morgan fingerprint density at radius 2 is 1.68 bits per heavy atom. The molecular weight excluding hydrogens is 456 g/mol. The van der Waals surface area contributed by atoms with Crippen molar-refractivity contribution >= 4 is 5.95 Å². The summed E-state index contributed by atoms with van der Waals surface area (Å²) in [6.07, 6.45) is 15.2. The highest BCUT2D eigenvalue weighted by molar-refractivity contribution is 5.31. The Kier molecular flexibility index (Phi) is 6.50. The third-order valence-electron chi connectivity index (χ3n) is 12.4. The number of anilines is 1. The van der Waals surface area contributed by atoms with Crippen LogP contribution in [0.3, 0.4) is 0 Å². The van der Waals surface area contributed by atoms with E-state index in [4.69, 9.17) is 0 Å². The Morgan fingerprint density at radius 1 is 0.946 bits per heavy atom. The van der Waals surface area contributed by atoms with E-state index in [0.717, 1.165) is 68.1 Å². The summed E-state index contributed by atoms with van der Waals surface area (Å²) < 4.78 is 0. The number of piperazine rings is 1. The molecule has 0 bridgehead atoms. The third kappa shape index (κ3) is 4.09. The molecule has 0 radical (unpaired) electrons. The standard InChI is InChI=1S/C32H50N4O/c1-22(21-35-17-19-36(20-18-35)29-33-15-6-16-34-29)24-8-9-25-23-7-10-27-30(2,3)28(37)12-14-32(27,5)26(23)11-13-31(24,25)4/h6,10,15-16,22-26,28,37H,7-9,11-14,17-21H2,1-5H3/t22-,23+,24-,25+,26+,28+,31-,32-/m1/s1. The van der Waals surface area contributed by atoms with Gasteiger partial charge in [0.05, 0.1) is 6.10 Å². The molecule has 2 heterocycles. The van der Waals surface area contributed by atoms with Gasteiger partial charge in [0.1, 0.15) is 0 Å². The van der Waals surface area contributed by atoms with E-state index in [-0.39, 0.29) is 11.5 Å². The van der Waals surface area contributed by atoms with Gasteiger partial charge in [-0.2, -0.15) is 0 Å². The second-order valence-electron chi connectivity index (χ2n) is 14.5. The van der Waals surface area contributed by atoms with Gasteiger partial charge < -0.3 is 10.0 Å². The highest BCUT2D eigenvalue weighted by Crippen LogP contribution is 2.68. The van der Waals surface area contributed by atoms with Gasteiger partial charge in [-0.05, 0) is 91.4 Å². The predicted octanol–water partition coefficient (Wildman–Crippen LogP) is 5.81. The number of aliphatic hydroxyl groups is 1. The van der Waals surface area contributed by atoms with Gasteiger partial charge in [-0.3, -0.25) is 4.90 Å². The molecule has 1 aromatic rings. The van der Waals surface area contributed by atoms with Crippen LogP contribution in [0.15, 0.2) is 30.1 Å². The van der Waals surface area contributed by atoms with Crippen LogP contribution in [0.4, 0.5) is 5.95 Å². The predicted molar refractivity (Wildman–Crippen MR) is 150 cm³/mol. The lowest BCUT2D eigenvalue weighted by Crippen LogP contribution is -2.55. The molecule has 204 valence electrons. The summed E-state index contributed by atoms with van der Waals surface area (Å²) in [6.45, 7) is 17.9. The molecule has 4 fully saturated rings. The maximum Gasteiger partial charge on any atom is 0.225 e. The quantitative estimate of drug-likeness (QED) is 0.522. The van der Waals surface area contributed by atoms with E-state index in [1.54, 1.807) is 5.57 Å². The second-order valence-corrected chi connectivity index (χ2v) is 14.5. The topological polar surface area (TPSA) is 52.5 Å². The molecule has 3 saturated carbocycles. The number of allylic oxidation sites excluding steroid dienone is 1. The summed E-state index contributed by atoms with van der Waals surface area (Å²) in [4.78, 5) is 14.0. The van der Waals surface area contributed by atoms with Crippen LogP contribution in [-0.4, -0.2) is 58.8 Å². The summed E-state index contributed by atoms with van der Waals surface area (Å²) in [5.41, 5.74) is 2.30. The van der Waals surface area contributed by atoms with E-state index in [9.17, 15) is 5.11 Å². The molecule has 37 heavy (non-hydrogen) atoms. The number of hydrogen-bond acceptors (Lipinski definition) is 5. The van der Waals surface area contributed by atoms with Gasteiger partial charge >= 0.3 is 0 Å². The van der Waals surface area contributed by atoms with E-state index in [0.29, 0.717) is 10.8 Å². The van der Waals surface area contributed by atoms with Crippen molar-refractivity contribution in [2.75, 3.05) is 37.6 Å². The number of nitrogens with zero attached hydrogens (tertiary/aromatic N) is 4. The van der Waals surface area contributed by atoms with Crippen LogP contribution >= 0.6 is 0 Å². The van der Waals surface area contributed by atoms with Gasteiger partial charge in [0.25, 0.3) is 0 Å². The lowest BCUT2D eigenvalue weighted by atomic mass is 9.44. The monoisotopic (exact) mass is 506 g/mol. The van der Waals surface area contributed by atoms with Crippen LogP contribution in [0, 0.1) is 45.8 Å². The zero-order valence-electron chi connectivity index (χ0n) is 24.0. The molecule has 1 N–H and O–H groups in total. The van der Waals surface area contributed by atoms with Crippen molar-refractivity contribution in [2.45, 2.75) is 85.7 Å². The smallest absolute Gasteiger partial charge is 0.225 e. The lowest BCUT2D eigenvalue weighted by molar-refractivity contribution is -0.0789. The number of aliphatic hydroxyl groups excluding tert-OH is 1. The largest absolute Gasteiger partial charge is 0.392 e. The fourth-order valence-electron chi connectivity index (χ4n) is 10.5. The number of fused-ring (bicyclic) bond motifs is 5. The molecule has 0 amide bonds. The highest BCUT2D eigenvalue weighted by atomic mass is 16.3. The SMILES string of the molecule is C[C@H](CN1CCN(c2ncccn2)CC1)[C@H]1CC[C@H]2[C@@H]3CC=C4C(C)(C)[C@@H](O)CC[C@]4(C)[C@H]3CC[C@]12C. The minimum absolute atomic E-state index is 0.0674. The van der Waals surface area contributed by atoms with Crippen LogP contribution in [0.2, 0.25) is 0 Å². The van der Waals surface area contributed by atoms with Crippen molar-refractivity contribution in [1.29, 1.82) is 0 Å². The molecule has 5 nitrogen and oxygen atoms in total. The van der Waals surface area contributed by atoms with E-state index in [2.05, 4.69) is 60.5 Å². The van der Waals surface area contributed by atoms with E-state index in [1.807, 2.05) is 18.5 Å². The molecule has 8 atom stereocenters.